The molecule has 2 N–H and O–H groups in total. The number of nitrogens with zero attached hydrogens (tertiary/aromatic N) is 4. The second-order valence-corrected chi connectivity index (χ2v) is 5.30. The summed E-state index contributed by atoms with van der Waals surface area (Å²) in [5, 5.41) is 4.25. The Morgan fingerprint density at radius 3 is 2.68 bits per heavy atom. The van der Waals surface area contributed by atoms with Gasteiger partial charge in [-0.25, -0.2) is 9.67 Å². The summed E-state index contributed by atoms with van der Waals surface area (Å²) in [6.07, 6.45) is 4.11. The van der Waals surface area contributed by atoms with Crippen molar-refractivity contribution in [2.75, 3.05) is 0 Å². The maximum atomic E-state index is 6.21. The summed E-state index contributed by atoms with van der Waals surface area (Å²) >= 11 is 0. The lowest BCUT2D eigenvalue weighted by atomic mass is 10.1. The third kappa shape index (κ3) is 3.61. The van der Waals surface area contributed by atoms with Crippen LogP contribution in [0.2, 0.25) is 0 Å². The zero-order chi connectivity index (χ0) is 13.8. The molecule has 19 heavy (non-hydrogen) atoms. The van der Waals surface area contributed by atoms with E-state index in [-0.39, 0.29) is 6.04 Å². The SMILES string of the molecule is Cc1ccc(C(N)Cc2ncnn2CC(C)C)cn1. The van der Waals surface area contributed by atoms with Gasteiger partial charge in [-0.3, -0.25) is 4.98 Å². The Morgan fingerprint density at radius 1 is 1.26 bits per heavy atom. The summed E-state index contributed by atoms with van der Waals surface area (Å²) in [5.74, 6) is 1.47. The number of aryl methyl sites for hydroxylation is 1. The fourth-order valence-corrected chi connectivity index (χ4v) is 1.96. The molecule has 0 aliphatic carbocycles. The Balaban J connectivity index is 2.08. The van der Waals surface area contributed by atoms with Gasteiger partial charge in [0, 0.05) is 30.9 Å². The molecule has 0 aromatic carbocycles. The van der Waals surface area contributed by atoms with E-state index >= 15 is 0 Å². The second-order valence-electron chi connectivity index (χ2n) is 5.30. The lowest BCUT2D eigenvalue weighted by Crippen LogP contribution is -2.18. The van der Waals surface area contributed by atoms with E-state index in [0.717, 1.165) is 23.6 Å². The van der Waals surface area contributed by atoms with Crippen molar-refractivity contribution < 1.29 is 0 Å². The molecule has 0 saturated carbocycles. The molecular weight excluding hydrogens is 238 g/mol. The molecule has 1 unspecified atom stereocenters. The third-order valence-corrected chi connectivity index (χ3v) is 3.00. The highest BCUT2D eigenvalue weighted by atomic mass is 15.3. The average Bonchev–Trinajstić information content (AvgIpc) is 2.76. The van der Waals surface area contributed by atoms with E-state index in [4.69, 9.17) is 5.73 Å². The fourth-order valence-electron chi connectivity index (χ4n) is 1.96. The number of hydrogen-bond acceptors (Lipinski definition) is 4. The highest BCUT2D eigenvalue weighted by molar-refractivity contribution is 5.17. The van der Waals surface area contributed by atoms with Gasteiger partial charge in [-0.05, 0) is 24.5 Å². The topological polar surface area (TPSA) is 69.6 Å². The summed E-state index contributed by atoms with van der Waals surface area (Å²) in [4.78, 5) is 8.58. The minimum Gasteiger partial charge on any atom is -0.324 e. The van der Waals surface area contributed by atoms with Crippen LogP contribution in [-0.2, 0) is 13.0 Å². The van der Waals surface area contributed by atoms with Crippen LogP contribution < -0.4 is 5.73 Å². The van der Waals surface area contributed by atoms with Crippen LogP contribution in [0.25, 0.3) is 0 Å². The van der Waals surface area contributed by atoms with Crippen LogP contribution in [-0.4, -0.2) is 19.7 Å². The Morgan fingerprint density at radius 2 is 2.05 bits per heavy atom. The number of aromatic nitrogens is 4. The minimum atomic E-state index is -0.0942. The summed E-state index contributed by atoms with van der Waals surface area (Å²) < 4.78 is 1.94. The van der Waals surface area contributed by atoms with Crippen molar-refractivity contribution in [2.45, 2.75) is 39.8 Å². The van der Waals surface area contributed by atoms with Gasteiger partial charge in [0.1, 0.15) is 12.2 Å². The largest absolute Gasteiger partial charge is 0.324 e. The zero-order valence-corrected chi connectivity index (χ0v) is 11.7. The molecule has 2 heterocycles. The van der Waals surface area contributed by atoms with Crippen LogP contribution in [0.3, 0.4) is 0 Å². The van der Waals surface area contributed by atoms with E-state index in [1.165, 1.54) is 0 Å². The Kier molecular flexibility index (Phi) is 4.27. The summed E-state index contributed by atoms with van der Waals surface area (Å²) in [6, 6.07) is 3.91. The first-order valence-corrected chi connectivity index (χ1v) is 6.61. The van der Waals surface area contributed by atoms with E-state index in [1.54, 1.807) is 6.33 Å². The van der Waals surface area contributed by atoms with Gasteiger partial charge in [0.05, 0.1) is 0 Å². The van der Waals surface area contributed by atoms with Gasteiger partial charge < -0.3 is 5.73 Å². The summed E-state index contributed by atoms with van der Waals surface area (Å²) in [6.45, 7) is 7.16. The van der Waals surface area contributed by atoms with E-state index in [9.17, 15) is 0 Å². The van der Waals surface area contributed by atoms with Gasteiger partial charge in [-0.1, -0.05) is 19.9 Å². The van der Waals surface area contributed by atoms with Crippen LogP contribution in [0.1, 0.15) is 37.0 Å². The molecule has 0 spiro atoms. The first kappa shape index (κ1) is 13.7. The number of nitrogens with two attached hydrogens (primary N) is 1. The van der Waals surface area contributed by atoms with Crippen molar-refractivity contribution >= 4 is 0 Å². The van der Waals surface area contributed by atoms with E-state index < -0.39 is 0 Å². The van der Waals surface area contributed by atoms with Gasteiger partial charge in [0.2, 0.25) is 0 Å². The summed E-state index contributed by atoms with van der Waals surface area (Å²) in [5.41, 5.74) is 8.25. The molecule has 2 rings (SSSR count). The van der Waals surface area contributed by atoms with Crippen molar-refractivity contribution in [2.24, 2.45) is 11.7 Å². The second kappa shape index (κ2) is 5.93. The Bertz CT molecular complexity index is 515. The van der Waals surface area contributed by atoms with Crippen molar-refractivity contribution in [3.63, 3.8) is 0 Å². The van der Waals surface area contributed by atoms with Crippen molar-refractivity contribution in [3.8, 4) is 0 Å². The molecule has 5 heteroatoms. The fraction of sp³-hybridized carbons (Fsp3) is 0.500. The maximum Gasteiger partial charge on any atom is 0.138 e. The number of pyridine rings is 1. The first-order valence-electron chi connectivity index (χ1n) is 6.61. The van der Waals surface area contributed by atoms with E-state index in [0.29, 0.717) is 12.3 Å². The van der Waals surface area contributed by atoms with Crippen molar-refractivity contribution in [3.05, 3.63) is 41.7 Å². The van der Waals surface area contributed by atoms with Crippen molar-refractivity contribution in [1.29, 1.82) is 0 Å². The van der Waals surface area contributed by atoms with Gasteiger partial charge in [0.15, 0.2) is 0 Å². The summed E-state index contributed by atoms with van der Waals surface area (Å²) in [7, 11) is 0. The number of hydrogen-bond donors (Lipinski definition) is 1. The molecule has 102 valence electrons. The third-order valence-electron chi connectivity index (χ3n) is 3.00. The van der Waals surface area contributed by atoms with Gasteiger partial charge >= 0.3 is 0 Å². The highest BCUT2D eigenvalue weighted by Gasteiger charge is 2.13. The van der Waals surface area contributed by atoms with Gasteiger partial charge in [0.25, 0.3) is 0 Å². The zero-order valence-electron chi connectivity index (χ0n) is 11.7. The lowest BCUT2D eigenvalue weighted by Gasteiger charge is -2.13. The van der Waals surface area contributed by atoms with Crippen LogP contribution >= 0.6 is 0 Å². The molecule has 0 aliphatic heterocycles. The lowest BCUT2D eigenvalue weighted by molar-refractivity contribution is 0.459. The van der Waals surface area contributed by atoms with E-state index in [1.807, 2.05) is 29.9 Å². The molecule has 0 radical (unpaired) electrons. The van der Waals surface area contributed by atoms with Crippen LogP contribution in [0.15, 0.2) is 24.7 Å². The minimum absolute atomic E-state index is 0.0942. The van der Waals surface area contributed by atoms with Crippen molar-refractivity contribution in [1.82, 2.24) is 19.7 Å². The Hall–Kier alpha value is -1.75. The van der Waals surface area contributed by atoms with Gasteiger partial charge in [-0.2, -0.15) is 5.10 Å². The molecule has 1 atom stereocenters. The predicted octanol–water partition coefficient (Wildman–Crippen LogP) is 1.88. The van der Waals surface area contributed by atoms with Crippen LogP contribution in [0.5, 0.6) is 0 Å². The normalized spacial score (nSPS) is 12.9. The molecule has 0 amide bonds. The molecular formula is C14H21N5. The predicted molar refractivity (Wildman–Crippen MR) is 74.5 cm³/mol. The standard InChI is InChI=1S/C14H21N5/c1-10(2)8-19-14(17-9-18-19)6-13(15)12-5-4-11(3)16-7-12/h4-5,7,9-10,13H,6,8,15H2,1-3H3. The molecule has 2 aromatic heterocycles. The maximum absolute atomic E-state index is 6.21. The number of rotatable bonds is 5. The molecule has 0 aliphatic rings. The van der Waals surface area contributed by atoms with Crippen LogP contribution in [0.4, 0.5) is 0 Å². The Labute approximate surface area is 113 Å². The molecule has 0 bridgehead atoms. The molecule has 5 nitrogen and oxygen atoms in total. The highest BCUT2D eigenvalue weighted by Crippen LogP contribution is 2.14. The molecule has 0 saturated heterocycles. The quantitative estimate of drug-likeness (QED) is 0.890. The molecule has 0 fully saturated rings. The smallest absolute Gasteiger partial charge is 0.138 e. The average molecular weight is 259 g/mol. The van der Waals surface area contributed by atoms with Gasteiger partial charge in [-0.15, -0.1) is 0 Å². The first-order chi connectivity index (χ1) is 9.06. The molecule has 2 aromatic rings. The van der Waals surface area contributed by atoms with E-state index in [2.05, 4.69) is 28.9 Å². The monoisotopic (exact) mass is 259 g/mol. The van der Waals surface area contributed by atoms with Crippen LogP contribution in [0, 0.1) is 12.8 Å².